The second-order valence-corrected chi connectivity index (χ2v) is 5.89. The van der Waals surface area contributed by atoms with Gasteiger partial charge in [0.1, 0.15) is 0 Å². The first kappa shape index (κ1) is 13.0. The van der Waals surface area contributed by atoms with Crippen molar-refractivity contribution >= 4 is 48.1 Å². The van der Waals surface area contributed by atoms with E-state index in [9.17, 15) is 0 Å². The van der Waals surface area contributed by atoms with Gasteiger partial charge in [-0.3, -0.25) is 4.98 Å². The molecule has 0 saturated heterocycles. The topological polar surface area (TPSA) is 17.3 Å². The molecule has 0 aliphatic rings. The van der Waals surface area contributed by atoms with E-state index in [1.807, 2.05) is 35.9 Å². The Labute approximate surface area is 138 Å². The van der Waals surface area contributed by atoms with E-state index in [0.717, 1.165) is 11.0 Å². The quantitative estimate of drug-likeness (QED) is 0.304. The smallest absolute Gasteiger partial charge is 0.0919 e. The minimum atomic E-state index is 0. The Morgan fingerprint density at radius 2 is 1.90 bits per heavy atom. The number of pyridine rings is 1. The van der Waals surface area contributed by atoms with Gasteiger partial charge in [0.25, 0.3) is 0 Å². The second-order valence-electron chi connectivity index (χ2n) is 4.86. The number of thiophene rings is 1. The molecular weight excluding hydrogens is 456 g/mol. The molecular formula is C17H9IrN2S-. The van der Waals surface area contributed by atoms with E-state index in [1.165, 1.54) is 25.7 Å². The molecule has 3 heterocycles. The third-order valence-corrected chi connectivity index (χ3v) is 4.96. The Balaban J connectivity index is 0.00000115. The summed E-state index contributed by atoms with van der Waals surface area (Å²) in [5.41, 5.74) is 0.986. The van der Waals surface area contributed by atoms with Crippen LogP contribution in [-0.4, -0.2) is 9.38 Å². The molecule has 0 spiro atoms. The minimum Gasteiger partial charge on any atom is -0.332 e. The van der Waals surface area contributed by atoms with Gasteiger partial charge >= 0.3 is 0 Å². The zero-order chi connectivity index (χ0) is 13.1. The van der Waals surface area contributed by atoms with Crippen molar-refractivity contribution in [2.75, 3.05) is 0 Å². The molecule has 0 aliphatic heterocycles. The van der Waals surface area contributed by atoms with E-state index < -0.39 is 0 Å². The number of hydrogen-bond acceptors (Lipinski definition) is 2. The normalized spacial score (nSPS) is 11.4. The summed E-state index contributed by atoms with van der Waals surface area (Å²) in [4.78, 5) is 5.76. The average molecular weight is 466 g/mol. The first-order valence-electron chi connectivity index (χ1n) is 6.50. The first-order chi connectivity index (χ1) is 9.93. The Morgan fingerprint density at radius 3 is 2.86 bits per heavy atom. The van der Waals surface area contributed by atoms with E-state index in [0.29, 0.717) is 0 Å². The van der Waals surface area contributed by atoms with Gasteiger partial charge < -0.3 is 4.40 Å². The fourth-order valence-corrected chi connectivity index (χ4v) is 4.15. The molecule has 2 aromatic carbocycles. The van der Waals surface area contributed by atoms with Crippen LogP contribution in [0.25, 0.3) is 36.7 Å². The molecule has 1 radical (unpaired) electrons. The van der Waals surface area contributed by atoms with Gasteiger partial charge in [-0.05, 0) is 16.8 Å². The first-order valence-corrected chi connectivity index (χ1v) is 7.32. The van der Waals surface area contributed by atoms with Gasteiger partial charge in [0.05, 0.1) is 10.5 Å². The fourth-order valence-electron chi connectivity index (χ4n) is 2.94. The number of benzene rings is 2. The third kappa shape index (κ3) is 1.64. The predicted molar refractivity (Wildman–Crippen MR) is 84.4 cm³/mol. The molecule has 3 aromatic heterocycles. The zero-order valence-corrected chi connectivity index (χ0v) is 14.0. The molecule has 0 fully saturated rings. The maximum atomic E-state index is 4.51. The Hall–Kier alpha value is -1.74. The molecule has 0 aliphatic carbocycles. The fraction of sp³-hybridized carbons (Fsp3) is 0. The molecule has 4 heteroatoms. The summed E-state index contributed by atoms with van der Waals surface area (Å²) in [6.45, 7) is 0. The molecule has 0 amide bonds. The van der Waals surface area contributed by atoms with Crippen molar-refractivity contribution in [3.63, 3.8) is 0 Å². The molecule has 0 N–H and O–H groups in total. The maximum Gasteiger partial charge on any atom is 0.0919 e. The number of nitrogens with zero attached hydrogens (tertiary/aromatic N) is 2. The summed E-state index contributed by atoms with van der Waals surface area (Å²) in [6.07, 6.45) is 3.90. The number of hydrogen-bond donors (Lipinski definition) is 0. The summed E-state index contributed by atoms with van der Waals surface area (Å²) in [6, 6.07) is 18.1. The standard InChI is InChI=1S/C17H9N2S.Ir/c1-2-6-12-11(5-1)15-13-7-3-4-8-14(13)20-17(15)19-10-9-18-16(12)19;/h1-5,7-10H;/q-1;. The summed E-state index contributed by atoms with van der Waals surface area (Å²) in [7, 11) is 0. The summed E-state index contributed by atoms with van der Waals surface area (Å²) in [5.74, 6) is 0. The summed E-state index contributed by atoms with van der Waals surface area (Å²) in [5, 5.41) is 4.95. The van der Waals surface area contributed by atoms with Crippen molar-refractivity contribution in [1.29, 1.82) is 0 Å². The minimum absolute atomic E-state index is 0. The Kier molecular flexibility index (Phi) is 2.86. The monoisotopic (exact) mass is 466 g/mol. The van der Waals surface area contributed by atoms with Crippen molar-refractivity contribution in [3.8, 4) is 0 Å². The van der Waals surface area contributed by atoms with Crippen molar-refractivity contribution in [1.82, 2.24) is 9.38 Å². The van der Waals surface area contributed by atoms with Gasteiger partial charge in [-0.15, -0.1) is 41.0 Å². The van der Waals surface area contributed by atoms with Gasteiger partial charge in [0.15, 0.2) is 0 Å². The average Bonchev–Trinajstić information content (AvgIpc) is 3.12. The van der Waals surface area contributed by atoms with Crippen LogP contribution in [0.15, 0.2) is 54.9 Å². The van der Waals surface area contributed by atoms with Crippen LogP contribution >= 0.6 is 11.3 Å². The number of aromatic nitrogens is 2. The van der Waals surface area contributed by atoms with Gasteiger partial charge in [-0.2, -0.15) is 0 Å². The molecule has 103 valence electrons. The molecule has 2 nitrogen and oxygen atoms in total. The molecule has 0 atom stereocenters. The third-order valence-electron chi connectivity index (χ3n) is 3.79. The van der Waals surface area contributed by atoms with Gasteiger partial charge in [-0.25, -0.2) is 0 Å². The van der Waals surface area contributed by atoms with Crippen LogP contribution in [0.5, 0.6) is 0 Å². The summed E-state index contributed by atoms with van der Waals surface area (Å²) >= 11 is 1.82. The SMILES string of the molecule is [Ir].[c-]1cccc2c1c1nccn1c1sc3ccccc3c21. The molecule has 5 aromatic rings. The largest absolute Gasteiger partial charge is 0.332 e. The number of imidazole rings is 1. The van der Waals surface area contributed by atoms with E-state index in [4.69, 9.17) is 0 Å². The van der Waals surface area contributed by atoms with Crippen LogP contribution in [0, 0.1) is 6.07 Å². The number of fused-ring (bicyclic) bond motifs is 8. The molecule has 0 bridgehead atoms. The van der Waals surface area contributed by atoms with E-state index in [-0.39, 0.29) is 20.1 Å². The molecule has 5 rings (SSSR count). The zero-order valence-electron chi connectivity index (χ0n) is 10.8. The van der Waals surface area contributed by atoms with Crippen LogP contribution in [0.1, 0.15) is 0 Å². The molecule has 0 unspecified atom stereocenters. The van der Waals surface area contributed by atoms with Crippen LogP contribution in [0.3, 0.4) is 0 Å². The summed E-state index contributed by atoms with van der Waals surface area (Å²) < 4.78 is 3.49. The van der Waals surface area contributed by atoms with Gasteiger partial charge in [0, 0.05) is 37.2 Å². The maximum absolute atomic E-state index is 4.51. The van der Waals surface area contributed by atoms with Gasteiger partial charge in [0.2, 0.25) is 0 Å². The molecule has 21 heavy (non-hydrogen) atoms. The molecule has 0 saturated carbocycles. The predicted octanol–water partition coefficient (Wildman–Crippen LogP) is 4.65. The van der Waals surface area contributed by atoms with E-state index >= 15 is 0 Å². The Morgan fingerprint density at radius 1 is 1.05 bits per heavy atom. The van der Waals surface area contributed by atoms with Crippen LogP contribution < -0.4 is 0 Å². The van der Waals surface area contributed by atoms with Crippen LogP contribution in [0.4, 0.5) is 0 Å². The Bertz CT molecular complexity index is 1100. The van der Waals surface area contributed by atoms with Crippen molar-refractivity contribution in [2.45, 2.75) is 0 Å². The van der Waals surface area contributed by atoms with Crippen molar-refractivity contribution in [2.24, 2.45) is 0 Å². The van der Waals surface area contributed by atoms with E-state index in [1.54, 1.807) is 0 Å². The van der Waals surface area contributed by atoms with Crippen LogP contribution in [-0.2, 0) is 20.1 Å². The number of rotatable bonds is 0. The van der Waals surface area contributed by atoms with Crippen LogP contribution in [0.2, 0.25) is 0 Å². The van der Waals surface area contributed by atoms with Crippen molar-refractivity contribution < 1.29 is 20.1 Å². The second kappa shape index (κ2) is 4.63. The van der Waals surface area contributed by atoms with E-state index in [2.05, 4.69) is 45.8 Å². The van der Waals surface area contributed by atoms with Crippen molar-refractivity contribution in [3.05, 3.63) is 60.9 Å². The van der Waals surface area contributed by atoms with Gasteiger partial charge in [-0.1, -0.05) is 23.6 Å².